The highest BCUT2D eigenvalue weighted by atomic mass is 19.1. The van der Waals surface area contributed by atoms with Gasteiger partial charge in [-0.3, -0.25) is 9.69 Å². The number of amides is 2. The van der Waals surface area contributed by atoms with Gasteiger partial charge in [0.25, 0.3) is 0 Å². The van der Waals surface area contributed by atoms with E-state index in [1.165, 1.54) is 24.1 Å². The Morgan fingerprint density at radius 3 is 2.85 bits per heavy atom. The van der Waals surface area contributed by atoms with Crippen molar-refractivity contribution < 1.29 is 32.8 Å². The number of nitrogens with zero attached hydrogens (tertiary/aromatic N) is 3. The fraction of sp³-hybridized carbons (Fsp3) is 0.391. The van der Waals surface area contributed by atoms with Gasteiger partial charge in [0.05, 0.1) is 37.3 Å². The van der Waals surface area contributed by atoms with Crippen LogP contribution in [-0.2, 0) is 14.3 Å². The number of ether oxygens (including phenoxy) is 2. The summed E-state index contributed by atoms with van der Waals surface area (Å²) < 4.78 is 30.6. The first kappa shape index (κ1) is 23.3. The van der Waals surface area contributed by atoms with E-state index in [0.29, 0.717) is 36.6 Å². The minimum atomic E-state index is -0.586. The maximum absolute atomic E-state index is 15.0. The Morgan fingerprint density at radius 1 is 1.35 bits per heavy atom. The number of halogens is 1. The SMILES string of the molecule is CCOC(=O)c1cnoc1C1=CCN(c2ccc(N3C[C@H](CNC(C)=O)OC3=O)cc2F)CC1. The number of hydrogen-bond donors (Lipinski definition) is 1. The lowest BCUT2D eigenvalue weighted by Crippen LogP contribution is -2.33. The molecule has 2 aliphatic rings. The zero-order valence-corrected chi connectivity index (χ0v) is 18.9. The zero-order valence-electron chi connectivity index (χ0n) is 18.9. The van der Waals surface area contributed by atoms with Gasteiger partial charge < -0.3 is 24.2 Å². The van der Waals surface area contributed by atoms with E-state index in [4.69, 9.17) is 14.0 Å². The van der Waals surface area contributed by atoms with E-state index < -0.39 is 24.0 Å². The van der Waals surface area contributed by atoms with Crippen LogP contribution in [0.1, 0.15) is 36.4 Å². The second-order valence-electron chi connectivity index (χ2n) is 7.90. The molecule has 0 unspecified atom stereocenters. The van der Waals surface area contributed by atoms with Crippen molar-refractivity contribution in [2.24, 2.45) is 0 Å². The van der Waals surface area contributed by atoms with Crippen LogP contribution >= 0.6 is 0 Å². The van der Waals surface area contributed by atoms with Crippen LogP contribution in [-0.4, -0.2) is 62.0 Å². The highest BCUT2D eigenvalue weighted by Crippen LogP contribution is 2.32. The van der Waals surface area contributed by atoms with E-state index in [1.807, 2.05) is 11.0 Å². The first-order valence-electron chi connectivity index (χ1n) is 11.0. The fourth-order valence-electron chi connectivity index (χ4n) is 3.94. The van der Waals surface area contributed by atoms with Crippen molar-refractivity contribution in [1.82, 2.24) is 10.5 Å². The average Bonchev–Trinajstić information content (AvgIpc) is 3.45. The van der Waals surface area contributed by atoms with Crippen LogP contribution in [0.25, 0.3) is 5.57 Å². The lowest BCUT2D eigenvalue weighted by atomic mass is 10.0. The van der Waals surface area contributed by atoms with Crippen LogP contribution in [0.3, 0.4) is 0 Å². The van der Waals surface area contributed by atoms with Gasteiger partial charge in [-0.15, -0.1) is 0 Å². The van der Waals surface area contributed by atoms with Gasteiger partial charge in [-0.25, -0.2) is 14.0 Å². The molecule has 11 heteroatoms. The molecule has 4 rings (SSSR count). The van der Waals surface area contributed by atoms with Crippen molar-refractivity contribution >= 4 is 34.9 Å². The quantitative estimate of drug-likeness (QED) is 0.612. The van der Waals surface area contributed by atoms with Crippen molar-refractivity contribution in [1.29, 1.82) is 0 Å². The third-order valence-corrected chi connectivity index (χ3v) is 5.60. The second-order valence-corrected chi connectivity index (χ2v) is 7.90. The summed E-state index contributed by atoms with van der Waals surface area (Å²) in [6.07, 6.45) is 2.64. The van der Waals surface area contributed by atoms with E-state index in [2.05, 4.69) is 10.5 Å². The van der Waals surface area contributed by atoms with Gasteiger partial charge in [-0.05, 0) is 37.1 Å². The number of esters is 1. The first-order chi connectivity index (χ1) is 16.4. The molecule has 2 aromatic rings. The van der Waals surface area contributed by atoms with E-state index in [1.54, 1.807) is 19.1 Å². The lowest BCUT2D eigenvalue weighted by molar-refractivity contribution is -0.119. The van der Waals surface area contributed by atoms with Gasteiger partial charge in [0.1, 0.15) is 17.5 Å². The molecule has 0 aliphatic carbocycles. The molecule has 180 valence electrons. The van der Waals surface area contributed by atoms with Crippen LogP contribution in [0, 0.1) is 5.82 Å². The van der Waals surface area contributed by atoms with Gasteiger partial charge >= 0.3 is 12.1 Å². The summed E-state index contributed by atoms with van der Waals surface area (Å²) in [7, 11) is 0. The molecule has 2 amide bonds. The number of benzene rings is 1. The van der Waals surface area contributed by atoms with Crippen LogP contribution in [0.15, 0.2) is 35.0 Å². The number of carbonyl (C=O) groups excluding carboxylic acids is 3. The highest BCUT2D eigenvalue weighted by molar-refractivity contribution is 5.94. The van der Waals surface area contributed by atoms with Crippen molar-refractivity contribution in [2.75, 3.05) is 42.6 Å². The maximum Gasteiger partial charge on any atom is 0.414 e. The van der Waals surface area contributed by atoms with Crippen LogP contribution < -0.4 is 15.1 Å². The Kier molecular flexibility index (Phi) is 6.80. The van der Waals surface area contributed by atoms with Crippen LogP contribution in [0.5, 0.6) is 0 Å². The number of rotatable bonds is 7. The summed E-state index contributed by atoms with van der Waals surface area (Å²) in [5.74, 6) is -0.817. The summed E-state index contributed by atoms with van der Waals surface area (Å²) in [5, 5.41) is 6.33. The van der Waals surface area contributed by atoms with E-state index >= 15 is 4.39 Å². The largest absolute Gasteiger partial charge is 0.462 e. The third kappa shape index (κ3) is 4.87. The summed E-state index contributed by atoms with van der Waals surface area (Å²) in [6.45, 7) is 4.66. The van der Waals surface area contributed by atoms with Gasteiger partial charge in [0.15, 0.2) is 5.76 Å². The topological polar surface area (TPSA) is 114 Å². The molecule has 1 fully saturated rings. The zero-order chi connectivity index (χ0) is 24.2. The molecule has 3 heterocycles. The summed E-state index contributed by atoms with van der Waals surface area (Å²) >= 11 is 0. The van der Waals surface area contributed by atoms with Gasteiger partial charge in [0.2, 0.25) is 5.91 Å². The Morgan fingerprint density at radius 2 is 2.18 bits per heavy atom. The first-order valence-corrected chi connectivity index (χ1v) is 11.0. The molecule has 0 saturated carbocycles. The predicted octanol–water partition coefficient (Wildman–Crippen LogP) is 2.75. The fourth-order valence-corrected chi connectivity index (χ4v) is 3.94. The highest BCUT2D eigenvalue weighted by Gasteiger charge is 2.33. The van der Waals surface area contributed by atoms with Gasteiger partial charge in [-0.1, -0.05) is 11.2 Å². The second kappa shape index (κ2) is 9.94. The minimum absolute atomic E-state index is 0.198. The number of nitrogens with one attached hydrogen (secondary N) is 1. The van der Waals surface area contributed by atoms with Crippen molar-refractivity contribution in [2.45, 2.75) is 26.4 Å². The molecule has 1 aromatic carbocycles. The summed E-state index contributed by atoms with van der Waals surface area (Å²) in [4.78, 5) is 38.5. The molecular weight excluding hydrogens is 447 g/mol. The Hall–Kier alpha value is -3.89. The molecule has 0 bridgehead atoms. The number of anilines is 2. The molecule has 0 spiro atoms. The average molecular weight is 472 g/mol. The molecule has 34 heavy (non-hydrogen) atoms. The standard InChI is InChI=1S/C23H25FN4O6/c1-3-32-22(30)18-12-26-34-21(18)15-6-8-27(9-7-15)20-5-4-16(10-19(20)24)28-13-17(33-23(28)31)11-25-14(2)29/h4-6,10,12,17H,3,7-9,11,13H2,1-2H3,(H,25,29)/t17-/m0/s1. The Bertz CT molecular complexity index is 1130. The van der Waals surface area contributed by atoms with E-state index in [9.17, 15) is 14.4 Å². The van der Waals surface area contributed by atoms with Crippen molar-refractivity contribution in [3.05, 3.63) is 47.6 Å². The molecular formula is C23H25FN4O6. The van der Waals surface area contributed by atoms with Gasteiger partial charge in [0, 0.05) is 20.0 Å². The number of cyclic esters (lactones) is 1. The molecule has 1 atom stereocenters. The monoisotopic (exact) mass is 472 g/mol. The molecule has 1 aromatic heterocycles. The van der Waals surface area contributed by atoms with Crippen LogP contribution in [0.4, 0.5) is 20.6 Å². The Labute approximate surface area is 195 Å². The van der Waals surface area contributed by atoms with Crippen molar-refractivity contribution in [3.8, 4) is 0 Å². The summed E-state index contributed by atoms with van der Waals surface area (Å²) in [5.41, 5.74) is 1.85. The number of hydrogen-bond acceptors (Lipinski definition) is 8. The lowest BCUT2D eigenvalue weighted by Gasteiger charge is -2.28. The van der Waals surface area contributed by atoms with Crippen molar-refractivity contribution in [3.63, 3.8) is 0 Å². The molecule has 1 N–H and O–H groups in total. The van der Waals surface area contributed by atoms with Crippen LogP contribution in [0.2, 0.25) is 0 Å². The third-order valence-electron chi connectivity index (χ3n) is 5.60. The molecule has 10 nitrogen and oxygen atoms in total. The van der Waals surface area contributed by atoms with E-state index in [0.717, 1.165) is 5.57 Å². The minimum Gasteiger partial charge on any atom is -0.462 e. The smallest absolute Gasteiger partial charge is 0.414 e. The number of carbonyl (C=O) groups is 3. The maximum atomic E-state index is 15.0. The predicted molar refractivity (Wildman–Crippen MR) is 120 cm³/mol. The van der Waals surface area contributed by atoms with Gasteiger partial charge in [-0.2, -0.15) is 0 Å². The normalized spacial score (nSPS) is 17.9. The van der Waals surface area contributed by atoms with E-state index in [-0.39, 0.29) is 31.2 Å². The molecule has 1 saturated heterocycles. The Balaban J connectivity index is 1.43. The summed E-state index contributed by atoms with van der Waals surface area (Å²) in [6, 6.07) is 4.58. The molecule has 0 radical (unpaired) electrons. The molecule has 2 aliphatic heterocycles. The number of aromatic nitrogens is 1.